The van der Waals surface area contributed by atoms with E-state index >= 15 is 0 Å². The van der Waals surface area contributed by atoms with E-state index < -0.39 is 17.9 Å². The number of piperazine rings is 2. The number of rotatable bonds is 2. The van der Waals surface area contributed by atoms with Crippen LogP contribution in [0.2, 0.25) is 0 Å². The fourth-order valence-electron chi connectivity index (χ4n) is 3.06. The highest BCUT2D eigenvalue weighted by atomic mass is 19.4. The molecule has 9 heteroatoms. The van der Waals surface area contributed by atoms with Gasteiger partial charge in [-0.25, -0.2) is 0 Å². The van der Waals surface area contributed by atoms with Crippen LogP contribution in [0.3, 0.4) is 0 Å². The van der Waals surface area contributed by atoms with Gasteiger partial charge < -0.3 is 9.80 Å². The lowest BCUT2D eigenvalue weighted by Crippen LogP contribution is -2.65. The van der Waals surface area contributed by atoms with Crippen LogP contribution in [0.15, 0.2) is 18.3 Å². The van der Waals surface area contributed by atoms with Gasteiger partial charge in [-0.05, 0) is 11.6 Å². The fraction of sp³-hybridized carbons (Fsp3) is 0.533. The summed E-state index contributed by atoms with van der Waals surface area (Å²) in [7, 11) is 1.59. The minimum Gasteiger partial charge on any atom is -0.335 e. The molecule has 2 saturated heterocycles. The molecule has 0 aromatic carbocycles. The fourth-order valence-corrected chi connectivity index (χ4v) is 3.06. The van der Waals surface area contributed by atoms with Crippen LogP contribution in [0, 0.1) is 0 Å². The molecule has 2 amide bonds. The number of alkyl halides is 3. The van der Waals surface area contributed by atoms with Crippen LogP contribution in [0.25, 0.3) is 0 Å². The van der Waals surface area contributed by atoms with Crippen molar-refractivity contribution in [1.29, 1.82) is 0 Å². The molecule has 130 valence electrons. The first-order valence-corrected chi connectivity index (χ1v) is 7.54. The third-order valence-corrected chi connectivity index (χ3v) is 4.34. The molecule has 0 radical (unpaired) electrons. The van der Waals surface area contributed by atoms with E-state index in [-0.39, 0.29) is 18.4 Å². The Kier molecular flexibility index (Phi) is 4.20. The molecule has 0 N–H and O–H groups in total. The van der Waals surface area contributed by atoms with Crippen LogP contribution < -0.4 is 0 Å². The molecule has 6 nitrogen and oxygen atoms in total. The Morgan fingerprint density at radius 2 is 2.00 bits per heavy atom. The number of carbonyl (C=O) groups excluding carboxylic acids is 2. The highest BCUT2D eigenvalue weighted by Gasteiger charge is 2.41. The van der Waals surface area contributed by atoms with Crippen LogP contribution in [0.5, 0.6) is 0 Å². The van der Waals surface area contributed by atoms with Gasteiger partial charge in [0.2, 0.25) is 11.8 Å². The lowest BCUT2D eigenvalue weighted by atomic mass is 10.1. The number of fused-ring (bicyclic) bond motifs is 1. The highest BCUT2D eigenvalue weighted by Crippen LogP contribution is 2.27. The second kappa shape index (κ2) is 6.04. The highest BCUT2D eigenvalue weighted by molar-refractivity contribution is 5.95. The first-order valence-electron chi connectivity index (χ1n) is 7.54. The summed E-state index contributed by atoms with van der Waals surface area (Å²) < 4.78 is 37.6. The maximum atomic E-state index is 12.5. The lowest BCUT2D eigenvalue weighted by Gasteiger charge is -2.45. The molecular weight excluding hydrogens is 325 g/mol. The molecule has 3 rings (SSSR count). The number of hydrogen-bond acceptors (Lipinski definition) is 4. The van der Waals surface area contributed by atoms with Crippen molar-refractivity contribution in [2.24, 2.45) is 0 Å². The summed E-state index contributed by atoms with van der Waals surface area (Å²) in [4.78, 5) is 32.6. The molecule has 0 aliphatic carbocycles. The van der Waals surface area contributed by atoms with E-state index in [1.165, 1.54) is 17.2 Å². The number of amides is 2. The molecule has 24 heavy (non-hydrogen) atoms. The minimum absolute atomic E-state index is 0.0713. The summed E-state index contributed by atoms with van der Waals surface area (Å²) in [6.07, 6.45) is -3.25. The van der Waals surface area contributed by atoms with E-state index in [0.29, 0.717) is 31.7 Å². The second-order valence-electron chi connectivity index (χ2n) is 6.08. The number of aromatic nitrogens is 1. The monoisotopic (exact) mass is 342 g/mol. The number of nitrogens with zero attached hydrogens (tertiary/aromatic N) is 4. The SMILES string of the molecule is CN1CC(=O)N2CCN(Cc3ccc(C(F)(F)F)nc3)CC2C1=O. The normalized spacial score (nSPS) is 22.8. The van der Waals surface area contributed by atoms with Gasteiger partial charge in [-0.3, -0.25) is 19.5 Å². The van der Waals surface area contributed by atoms with Crippen molar-refractivity contribution in [2.45, 2.75) is 18.8 Å². The second-order valence-corrected chi connectivity index (χ2v) is 6.08. The molecule has 0 spiro atoms. The molecule has 1 atom stereocenters. The Labute approximate surface area is 136 Å². The van der Waals surface area contributed by atoms with Crippen LogP contribution in [-0.2, 0) is 22.3 Å². The van der Waals surface area contributed by atoms with Crippen molar-refractivity contribution >= 4 is 11.8 Å². The topological polar surface area (TPSA) is 56.8 Å². The largest absolute Gasteiger partial charge is 0.433 e. The van der Waals surface area contributed by atoms with Gasteiger partial charge in [-0.2, -0.15) is 13.2 Å². The molecule has 1 unspecified atom stereocenters. The van der Waals surface area contributed by atoms with E-state index in [1.807, 2.05) is 4.90 Å². The summed E-state index contributed by atoms with van der Waals surface area (Å²) in [6, 6.07) is 1.82. The number of likely N-dealkylation sites (N-methyl/N-ethyl adjacent to an activating group) is 1. The van der Waals surface area contributed by atoms with Gasteiger partial charge in [-0.1, -0.05) is 6.07 Å². The molecule has 3 heterocycles. The summed E-state index contributed by atoms with van der Waals surface area (Å²) in [5.74, 6) is -0.178. The molecule has 2 aliphatic rings. The van der Waals surface area contributed by atoms with E-state index in [9.17, 15) is 22.8 Å². The number of carbonyl (C=O) groups is 2. The predicted octanol–water partition coefficient (Wildman–Crippen LogP) is 0.585. The van der Waals surface area contributed by atoms with Crippen LogP contribution in [0.4, 0.5) is 13.2 Å². The van der Waals surface area contributed by atoms with Gasteiger partial charge in [0.25, 0.3) is 0 Å². The van der Waals surface area contributed by atoms with Crippen LogP contribution in [0.1, 0.15) is 11.3 Å². The predicted molar refractivity (Wildman–Crippen MR) is 77.7 cm³/mol. The average Bonchev–Trinajstić information content (AvgIpc) is 2.52. The van der Waals surface area contributed by atoms with Crippen molar-refractivity contribution in [2.75, 3.05) is 33.2 Å². The van der Waals surface area contributed by atoms with Gasteiger partial charge in [-0.15, -0.1) is 0 Å². The Bertz CT molecular complexity index is 647. The third-order valence-electron chi connectivity index (χ3n) is 4.34. The summed E-state index contributed by atoms with van der Waals surface area (Å²) in [5, 5.41) is 0. The van der Waals surface area contributed by atoms with Crippen LogP contribution in [-0.4, -0.2) is 70.8 Å². The lowest BCUT2D eigenvalue weighted by molar-refractivity contribution is -0.158. The van der Waals surface area contributed by atoms with Crippen molar-refractivity contribution in [1.82, 2.24) is 19.7 Å². The Morgan fingerprint density at radius 3 is 2.62 bits per heavy atom. The Balaban J connectivity index is 1.67. The van der Waals surface area contributed by atoms with Crippen molar-refractivity contribution in [3.8, 4) is 0 Å². The average molecular weight is 342 g/mol. The zero-order chi connectivity index (χ0) is 17.5. The van der Waals surface area contributed by atoms with Crippen LogP contribution >= 0.6 is 0 Å². The van der Waals surface area contributed by atoms with E-state index in [1.54, 1.807) is 11.9 Å². The van der Waals surface area contributed by atoms with E-state index in [4.69, 9.17) is 0 Å². The summed E-state index contributed by atoms with van der Waals surface area (Å²) in [5.41, 5.74) is -0.287. The Morgan fingerprint density at radius 1 is 1.25 bits per heavy atom. The van der Waals surface area contributed by atoms with E-state index in [0.717, 1.165) is 6.07 Å². The molecule has 1 aromatic rings. The molecule has 2 fully saturated rings. The Hall–Kier alpha value is -2.16. The van der Waals surface area contributed by atoms with Gasteiger partial charge in [0.15, 0.2) is 0 Å². The zero-order valence-corrected chi connectivity index (χ0v) is 13.1. The maximum Gasteiger partial charge on any atom is 0.433 e. The summed E-state index contributed by atoms with van der Waals surface area (Å²) in [6.45, 7) is 1.87. The molecule has 0 saturated carbocycles. The number of hydrogen-bond donors (Lipinski definition) is 0. The van der Waals surface area contributed by atoms with Gasteiger partial charge >= 0.3 is 6.18 Å². The smallest absolute Gasteiger partial charge is 0.335 e. The van der Waals surface area contributed by atoms with Crippen molar-refractivity contribution < 1.29 is 22.8 Å². The first kappa shape index (κ1) is 16.7. The standard InChI is InChI=1S/C15H17F3N4O2/c1-20-9-13(23)22-5-4-21(8-11(22)14(20)24)7-10-2-3-12(19-6-10)15(16,17)18/h2-3,6,11H,4-5,7-9H2,1H3. The first-order chi connectivity index (χ1) is 11.3. The zero-order valence-electron chi connectivity index (χ0n) is 13.1. The molecule has 2 aliphatic heterocycles. The number of halogens is 3. The molecule has 1 aromatic heterocycles. The third kappa shape index (κ3) is 3.21. The van der Waals surface area contributed by atoms with Gasteiger partial charge in [0.1, 0.15) is 11.7 Å². The van der Waals surface area contributed by atoms with E-state index in [2.05, 4.69) is 4.98 Å². The minimum atomic E-state index is -4.45. The quantitative estimate of drug-likeness (QED) is 0.789. The number of pyridine rings is 1. The van der Waals surface area contributed by atoms with Gasteiger partial charge in [0.05, 0.1) is 6.54 Å². The maximum absolute atomic E-state index is 12.5. The molecule has 0 bridgehead atoms. The van der Waals surface area contributed by atoms with Gasteiger partial charge in [0, 0.05) is 39.4 Å². The molecular formula is C15H17F3N4O2. The summed E-state index contributed by atoms with van der Waals surface area (Å²) >= 11 is 0. The van der Waals surface area contributed by atoms with Crippen molar-refractivity contribution in [3.05, 3.63) is 29.6 Å². The van der Waals surface area contributed by atoms with Crippen molar-refractivity contribution in [3.63, 3.8) is 0 Å².